The van der Waals surface area contributed by atoms with Crippen LogP contribution in [0.2, 0.25) is 0 Å². The van der Waals surface area contributed by atoms with Crippen molar-refractivity contribution in [3.05, 3.63) is 29.8 Å². The molecule has 3 heteroatoms. The van der Waals surface area contributed by atoms with E-state index in [4.69, 9.17) is 0 Å². The third kappa shape index (κ3) is 2.66. The standard InChI is InChI=1S/C18H25NO2/c1-12-7-8-14(11-13(12)2)19-10-9-16(18(20)21)15-5-3-4-6-17(15)19/h3-6,12-14,16H,7-11H2,1-2H3,(H,20,21). The Kier molecular flexibility index (Phi) is 3.92. The lowest BCUT2D eigenvalue weighted by atomic mass is 9.77. The molecule has 1 saturated carbocycles. The van der Waals surface area contributed by atoms with Gasteiger partial charge in [0.05, 0.1) is 5.92 Å². The lowest BCUT2D eigenvalue weighted by Gasteiger charge is -2.44. The second kappa shape index (κ2) is 5.70. The van der Waals surface area contributed by atoms with E-state index in [0.717, 1.165) is 36.1 Å². The van der Waals surface area contributed by atoms with Gasteiger partial charge in [-0.2, -0.15) is 0 Å². The number of carboxylic acids is 1. The van der Waals surface area contributed by atoms with Crippen LogP contribution >= 0.6 is 0 Å². The Bertz CT molecular complexity index is 528. The molecule has 1 aliphatic heterocycles. The summed E-state index contributed by atoms with van der Waals surface area (Å²) in [6.45, 7) is 5.58. The topological polar surface area (TPSA) is 40.5 Å². The summed E-state index contributed by atoms with van der Waals surface area (Å²) in [5.41, 5.74) is 2.16. The number of benzene rings is 1. The summed E-state index contributed by atoms with van der Waals surface area (Å²) in [4.78, 5) is 14.0. The molecule has 114 valence electrons. The number of hydrogen-bond donors (Lipinski definition) is 1. The van der Waals surface area contributed by atoms with Crippen LogP contribution in [0.5, 0.6) is 0 Å². The van der Waals surface area contributed by atoms with Crippen molar-refractivity contribution >= 4 is 11.7 Å². The highest BCUT2D eigenvalue weighted by Crippen LogP contribution is 2.40. The first-order valence-electron chi connectivity index (χ1n) is 8.16. The van der Waals surface area contributed by atoms with Gasteiger partial charge in [-0.15, -0.1) is 0 Å². The summed E-state index contributed by atoms with van der Waals surface area (Å²) in [5.74, 6) is 0.547. The zero-order valence-corrected chi connectivity index (χ0v) is 13.0. The van der Waals surface area contributed by atoms with Gasteiger partial charge in [0.2, 0.25) is 0 Å². The van der Waals surface area contributed by atoms with E-state index in [-0.39, 0.29) is 5.92 Å². The molecule has 0 radical (unpaired) electrons. The second-order valence-electron chi connectivity index (χ2n) is 6.85. The molecule has 1 heterocycles. The second-order valence-corrected chi connectivity index (χ2v) is 6.85. The van der Waals surface area contributed by atoms with Crippen LogP contribution in [0.25, 0.3) is 0 Å². The number of nitrogens with zero attached hydrogens (tertiary/aromatic N) is 1. The van der Waals surface area contributed by atoms with Crippen molar-refractivity contribution in [2.24, 2.45) is 11.8 Å². The van der Waals surface area contributed by atoms with Gasteiger partial charge in [0, 0.05) is 18.3 Å². The van der Waals surface area contributed by atoms with Gasteiger partial charge in [0.15, 0.2) is 0 Å². The maximum Gasteiger partial charge on any atom is 0.311 e. The summed E-state index contributed by atoms with van der Waals surface area (Å²) in [5, 5.41) is 9.44. The summed E-state index contributed by atoms with van der Waals surface area (Å²) in [6.07, 6.45) is 4.48. The van der Waals surface area contributed by atoms with Crippen molar-refractivity contribution in [2.45, 2.75) is 51.5 Å². The summed E-state index contributed by atoms with van der Waals surface area (Å²) in [7, 11) is 0. The van der Waals surface area contributed by atoms with E-state index in [1.54, 1.807) is 0 Å². The first-order valence-corrected chi connectivity index (χ1v) is 8.16. The molecule has 0 spiro atoms. The highest BCUT2D eigenvalue weighted by atomic mass is 16.4. The molecule has 2 aliphatic rings. The lowest BCUT2D eigenvalue weighted by molar-refractivity contribution is -0.139. The molecule has 0 amide bonds. The Labute approximate surface area is 127 Å². The normalized spacial score (nSPS) is 32.6. The van der Waals surface area contributed by atoms with Gasteiger partial charge in [-0.1, -0.05) is 32.0 Å². The first-order chi connectivity index (χ1) is 10.1. The lowest BCUT2D eigenvalue weighted by Crippen LogP contribution is -2.44. The number of para-hydroxylation sites is 1. The number of rotatable bonds is 2. The zero-order valence-electron chi connectivity index (χ0n) is 13.0. The van der Waals surface area contributed by atoms with Gasteiger partial charge in [0.1, 0.15) is 0 Å². The fourth-order valence-electron chi connectivity index (χ4n) is 4.03. The molecule has 21 heavy (non-hydrogen) atoms. The number of carbonyl (C=O) groups is 1. The zero-order chi connectivity index (χ0) is 15.0. The van der Waals surface area contributed by atoms with Gasteiger partial charge in [0.25, 0.3) is 0 Å². The van der Waals surface area contributed by atoms with Crippen molar-refractivity contribution in [3.63, 3.8) is 0 Å². The van der Waals surface area contributed by atoms with Crippen LogP contribution in [0.1, 0.15) is 51.0 Å². The maximum absolute atomic E-state index is 11.5. The molecule has 1 aromatic carbocycles. The van der Waals surface area contributed by atoms with Crippen molar-refractivity contribution in [1.82, 2.24) is 0 Å². The molecular formula is C18H25NO2. The van der Waals surface area contributed by atoms with Crippen LogP contribution in [0.4, 0.5) is 5.69 Å². The largest absolute Gasteiger partial charge is 0.481 e. The number of carboxylic acid groups (broad SMARTS) is 1. The SMILES string of the molecule is CC1CCC(N2CCC(C(=O)O)c3ccccc32)CC1C. The van der Waals surface area contributed by atoms with E-state index < -0.39 is 5.97 Å². The minimum Gasteiger partial charge on any atom is -0.481 e. The molecule has 1 fully saturated rings. The molecule has 3 nitrogen and oxygen atoms in total. The van der Waals surface area contributed by atoms with E-state index in [9.17, 15) is 9.90 Å². The van der Waals surface area contributed by atoms with E-state index in [1.165, 1.54) is 19.3 Å². The fraction of sp³-hybridized carbons (Fsp3) is 0.611. The molecular weight excluding hydrogens is 262 g/mol. The number of fused-ring (bicyclic) bond motifs is 1. The Morgan fingerprint density at radius 2 is 1.90 bits per heavy atom. The smallest absolute Gasteiger partial charge is 0.311 e. The van der Waals surface area contributed by atoms with E-state index in [0.29, 0.717) is 6.04 Å². The molecule has 0 saturated heterocycles. The average Bonchev–Trinajstić information content (AvgIpc) is 2.49. The van der Waals surface area contributed by atoms with E-state index in [1.807, 2.05) is 18.2 Å². The maximum atomic E-state index is 11.5. The number of hydrogen-bond acceptors (Lipinski definition) is 2. The van der Waals surface area contributed by atoms with Gasteiger partial charge in [-0.25, -0.2) is 0 Å². The minimum atomic E-state index is -0.687. The Morgan fingerprint density at radius 3 is 2.62 bits per heavy atom. The Morgan fingerprint density at radius 1 is 1.14 bits per heavy atom. The van der Waals surface area contributed by atoms with Crippen LogP contribution in [0.3, 0.4) is 0 Å². The number of aliphatic carboxylic acids is 1. The minimum absolute atomic E-state index is 0.336. The molecule has 4 unspecified atom stereocenters. The molecule has 0 bridgehead atoms. The summed E-state index contributed by atoms with van der Waals surface area (Å²) in [6, 6.07) is 8.67. The van der Waals surface area contributed by atoms with Gasteiger partial charge < -0.3 is 10.0 Å². The first kappa shape index (κ1) is 14.4. The highest BCUT2D eigenvalue weighted by Gasteiger charge is 2.35. The van der Waals surface area contributed by atoms with Crippen LogP contribution in [-0.2, 0) is 4.79 Å². The quantitative estimate of drug-likeness (QED) is 0.897. The Hall–Kier alpha value is -1.51. The predicted octanol–water partition coefficient (Wildman–Crippen LogP) is 3.89. The molecule has 3 rings (SSSR count). The van der Waals surface area contributed by atoms with Gasteiger partial charge in [-0.3, -0.25) is 4.79 Å². The van der Waals surface area contributed by atoms with Crippen molar-refractivity contribution < 1.29 is 9.90 Å². The van der Waals surface area contributed by atoms with E-state index >= 15 is 0 Å². The molecule has 1 aliphatic carbocycles. The average molecular weight is 287 g/mol. The third-order valence-electron chi connectivity index (χ3n) is 5.59. The summed E-state index contributed by atoms with van der Waals surface area (Å²) >= 11 is 0. The fourth-order valence-corrected chi connectivity index (χ4v) is 4.03. The van der Waals surface area contributed by atoms with Gasteiger partial charge >= 0.3 is 5.97 Å². The van der Waals surface area contributed by atoms with E-state index in [2.05, 4.69) is 24.8 Å². The number of anilines is 1. The van der Waals surface area contributed by atoms with Crippen LogP contribution < -0.4 is 4.90 Å². The predicted molar refractivity (Wildman–Crippen MR) is 84.7 cm³/mol. The van der Waals surface area contributed by atoms with Crippen LogP contribution in [0, 0.1) is 11.8 Å². The monoisotopic (exact) mass is 287 g/mol. The van der Waals surface area contributed by atoms with Crippen molar-refractivity contribution in [2.75, 3.05) is 11.4 Å². The van der Waals surface area contributed by atoms with Crippen molar-refractivity contribution in [3.8, 4) is 0 Å². The van der Waals surface area contributed by atoms with Crippen molar-refractivity contribution in [1.29, 1.82) is 0 Å². The molecule has 0 aromatic heterocycles. The molecule has 4 atom stereocenters. The Balaban J connectivity index is 1.88. The van der Waals surface area contributed by atoms with Crippen LogP contribution in [0.15, 0.2) is 24.3 Å². The third-order valence-corrected chi connectivity index (χ3v) is 5.59. The highest BCUT2D eigenvalue weighted by molar-refractivity contribution is 5.80. The van der Waals surface area contributed by atoms with Gasteiger partial charge in [-0.05, 0) is 49.1 Å². The molecule has 1 N–H and O–H groups in total. The summed E-state index contributed by atoms with van der Waals surface area (Å²) < 4.78 is 0. The molecule has 1 aromatic rings. The van der Waals surface area contributed by atoms with Crippen LogP contribution in [-0.4, -0.2) is 23.7 Å².